The molecule has 0 radical (unpaired) electrons. The van der Waals surface area contributed by atoms with Crippen molar-refractivity contribution in [3.8, 4) is 22.3 Å². The van der Waals surface area contributed by atoms with Crippen molar-refractivity contribution in [3.05, 3.63) is 118 Å². The lowest BCUT2D eigenvalue weighted by Gasteiger charge is -2.41. The third kappa shape index (κ3) is 2.50. The first kappa shape index (κ1) is 18.5. The van der Waals surface area contributed by atoms with E-state index in [4.69, 9.17) is 0 Å². The van der Waals surface area contributed by atoms with Gasteiger partial charge in [-0.15, -0.1) is 0 Å². The molecular weight excluding hydrogens is 384 g/mol. The Morgan fingerprint density at radius 1 is 0.438 bits per heavy atom. The Morgan fingerprint density at radius 2 is 0.906 bits per heavy atom. The number of hydrogen-bond donors (Lipinski definition) is 0. The van der Waals surface area contributed by atoms with Crippen molar-refractivity contribution in [3.63, 3.8) is 0 Å². The average molecular weight is 413 g/mol. The molecule has 3 aliphatic rings. The van der Waals surface area contributed by atoms with E-state index in [1.165, 1.54) is 65.5 Å². The van der Waals surface area contributed by atoms with Gasteiger partial charge in [0.2, 0.25) is 0 Å². The lowest BCUT2D eigenvalue weighted by atomic mass is 9.62. The van der Waals surface area contributed by atoms with Gasteiger partial charge >= 0.3 is 0 Å². The molecule has 0 atom stereocenters. The molecule has 0 heteroatoms. The summed E-state index contributed by atoms with van der Waals surface area (Å²) in [4.78, 5) is 0. The van der Waals surface area contributed by atoms with E-state index in [2.05, 4.69) is 84.9 Å². The van der Waals surface area contributed by atoms with Crippen LogP contribution in [0.3, 0.4) is 0 Å². The van der Waals surface area contributed by atoms with E-state index in [1.807, 2.05) is 0 Å². The zero-order chi connectivity index (χ0) is 21.1. The Bertz CT molecular complexity index is 1250. The normalized spacial score (nSPS) is 17.4. The van der Waals surface area contributed by atoms with Crippen LogP contribution in [0, 0.1) is 0 Å². The number of rotatable bonds is 2. The summed E-state index contributed by atoms with van der Waals surface area (Å²) in [6.45, 7) is 0. The third-order valence-electron chi connectivity index (χ3n) is 8.44. The fraction of sp³-hybridized carbons (Fsp3) is 0.250. The molecule has 0 amide bonds. The van der Waals surface area contributed by atoms with Crippen LogP contribution in [0.2, 0.25) is 0 Å². The summed E-state index contributed by atoms with van der Waals surface area (Å²) in [5.41, 5.74) is 15.3. The van der Waals surface area contributed by atoms with Crippen LogP contribution < -0.4 is 0 Å². The van der Waals surface area contributed by atoms with Crippen molar-refractivity contribution in [2.45, 2.75) is 50.4 Å². The van der Waals surface area contributed by atoms with Crippen LogP contribution in [0.5, 0.6) is 0 Å². The van der Waals surface area contributed by atoms with Gasteiger partial charge in [0.25, 0.3) is 0 Å². The van der Waals surface area contributed by atoms with E-state index < -0.39 is 0 Å². The summed E-state index contributed by atoms with van der Waals surface area (Å²) in [5, 5.41) is 0. The van der Waals surface area contributed by atoms with E-state index in [9.17, 15) is 0 Å². The van der Waals surface area contributed by atoms with Gasteiger partial charge in [-0.3, -0.25) is 0 Å². The fourth-order valence-corrected chi connectivity index (χ4v) is 7.05. The summed E-state index contributed by atoms with van der Waals surface area (Å²) in [7, 11) is 0. The van der Waals surface area contributed by atoms with E-state index in [0.29, 0.717) is 0 Å². The minimum Gasteiger partial charge on any atom is -0.0619 e. The maximum absolute atomic E-state index is 2.47. The van der Waals surface area contributed by atoms with Gasteiger partial charge in [-0.1, -0.05) is 104 Å². The van der Waals surface area contributed by atoms with Crippen molar-refractivity contribution in [1.29, 1.82) is 0 Å². The molecule has 0 N–H and O–H groups in total. The molecule has 4 aromatic rings. The summed E-state index contributed by atoms with van der Waals surface area (Å²) < 4.78 is 0. The molecule has 0 nitrogen and oxygen atoms in total. The topological polar surface area (TPSA) is 0 Å². The predicted octanol–water partition coefficient (Wildman–Crippen LogP) is 8.08. The van der Waals surface area contributed by atoms with Crippen LogP contribution in [0.1, 0.15) is 65.5 Å². The van der Waals surface area contributed by atoms with Crippen molar-refractivity contribution < 1.29 is 0 Å². The Hall–Kier alpha value is -3.12. The maximum Gasteiger partial charge on any atom is 0.0209 e. The molecule has 156 valence electrons. The first-order valence-corrected chi connectivity index (χ1v) is 12.3. The molecule has 0 bridgehead atoms. The van der Waals surface area contributed by atoms with Crippen LogP contribution in [0.25, 0.3) is 22.3 Å². The van der Waals surface area contributed by atoms with Gasteiger partial charge in [-0.2, -0.15) is 0 Å². The van der Waals surface area contributed by atoms with Crippen molar-refractivity contribution in [2.24, 2.45) is 0 Å². The third-order valence-corrected chi connectivity index (χ3v) is 8.44. The Morgan fingerprint density at radius 3 is 1.44 bits per heavy atom. The average Bonchev–Trinajstić information content (AvgIpc) is 3.43. The highest BCUT2D eigenvalue weighted by atomic mass is 14.4. The van der Waals surface area contributed by atoms with Crippen molar-refractivity contribution >= 4 is 0 Å². The van der Waals surface area contributed by atoms with Crippen molar-refractivity contribution in [1.82, 2.24) is 0 Å². The highest BCUT2D eigenvalue weighted by molar-refractivity contribution is 5.81. The van der Waals surface area contributed by atoms with Crippen molar-refractivity contribution in [2.75, 3.05) is 0 Å². The SMILES string of the molecule is c1ccc2c(c1)Cc1c-2cccc1C1(c2cccc3c2Cc2ccccc2-3)CCCCC1. The second-order valence-electron chi connectivity index (χ2n) is 9.97. The summed E-state index contributed by atoms with van der Waals surface area (Å²) in [6, 6.07) is 32.3. The van der Waals surface area contributed by atoms with Gasteiger partial charge in [-0.05, 0) is 81.3 Å². The van der Waals surface area contributed by atoms with Crippen LogP contribution in [-0.4, -0.2) is 0 Å². The quantitative estimate of drug-likeness (QED) is 0.270. The van der Waals surface area contributed by atoms with Gasteiger partial charge in [0, 0.05) is 5.41 Å². The first-order chi connectivity index (χ1) is 15.9. The standard InChI is InChI=1S/C32H28/c1-6-18-32(19-7-1,30-16-8-14-26-24-12-4-2-10-22(24)20-28(26)30)31-17-9-15-27-25-13-5-3-11-23(25)21-29(27)31/h2-5,8-17H,1,6-7,18-21H2. The molecule has 0 heterocycles. The largest absolute Gasteiger partial charge is 0.0619 e. The minimum atomic E-state index is 0.138. The fourth-order valence-electron chi connectivity index (χ4n) is 7.05. The zero-order valence-corrected chi connectivity index (χ0v) is 18.5. The predicted molar refractivity (Wildman–Crippen MR) is 133 cm³/mol. The summed E-state index contributed by atoms with van der Waals surface area (Å²) >= 11 is 0. The van der Waals surface area contributed by atoms with E-state index in [0.717, 1.165) is 12.8 Å². The van der Waals surface area contributed by atoms with E-state index in [-0.39, 0.29) is 5.41 Å². The molecule has 7 rings (SSSR count). The molecule has 1 fully saturated rings. The molecule has 0 aliphatic heterocycles. The van der Waals surface area contributed by atoms with Gasteiger partial charge in [-0.25, -0.2) is 0 Å². The van der Waals surface area contributed by atoms with Crippen LogP contribution in [0.15, 0.2) is 84.9 Å². The second-order valence-corrected chi connectivity index (χ2v) is 9.97. The zero-order valence-electron chi connectivity index (χ0n) is 18.5. The van der Waals surface area contributed by atoms with E-state index in [1.54, 1.807) is 22.3 Å². The summed E-state index contributed by atoms with van der Waals surface area (Å²) in [6.07, 6.45) is 8.73. The number of hydrogen-bond acceptors (Lipinski definition) is 0. The molecule has 0 saturated heterocycles. The van der Waals surface area contributed by atoms with Crippen LogP contribution >= 0.6 is 0 Å². The second kappa shape index (κ2) is 6.94. The van der Waals surface area contributed by atoms with Crippen LogP contribution in [-0.2, 0) is 18.3 Å². The molecule has 0 spiro atoms. The number of benzene rings is 4. The number of fused-ring (bicyclic) bond motifs is 6. The lowest BCUT2D eigenvalue weighted by Crippen LogP contribution is -2.32. The smallest absolute Gasteiger partial charge is 0.0209 e. The van der Waals surface area contributed by atoms with Crippen LogP contribution in [0.4, 0.5) is 0 Å². The molecule has 3 aliphatic carbocycles. The Labute approximate surface area is 191 Å². The Balaban J connectivity index is 1.46. The van der Waals surface area contributed by atoms with Gasteiger partial charge in [0.05, 0.1) is 0 Å². The minimum absolute atomic E-state index is 0.138. The van der Waals surface area contributed by atoms with Gasteiger partial charge in [0.1, 0.15) is 0 Å². The molecule has 0 aromatic heterocycles. The highest BCUT2D eigenvalue weighted by Crippen LogP contribution is 2.53. The van der Waals surface area contributed by atoms with Gasteiger partial charge in [0.15, 0.2) is 0 Å². The molecule has 32 heavy (non-hydrogen) atoms. The molecule has 1 saturated carbocycles. The lowest BCUT2D eigenvalue weighted by molar-refractivity contribution is 0.343. The molecule has 4 aromatic carbocycles. The first-order valence-electron chi connectivity index (χ1n) is 12.3. The van der Waals surface area contributed by atoms with E-state index >= 15 is 0 Å². The molecular formula is C32H28. The maximum atomic E-state index is 2.47. The van der Waals surface area contributed by atoms with Gasteiger partial charge < -0.3 is 0 Å². The molecule has 0 unspecified atom stereocenters. The Kier molecular flexibility index (Phi) is 4.00. The highest BCUT2D eigenvalue weighted by Gasteiger charge is 2.41. The summed E-state index contributed by atoms with van der Waals surface area (Å²) in [5.74, 6) is 0. The monoisotopic (exact) mass is 412 g/mol.